The average Bonchev–Trinajstić information content (AvgIpc) is 2.71. The third-order valence-electron chi connectivity index (χ3n) is 1.89. The predicted octanol–water partition coefficient (Wildman–Crippen LogP) is 0.123. The van der Waals surface area contributed by atoms with Crippen LogP contribution in [0.25, 0.3) is 5.69 Å². The predicted molar refractivity (Wildman–Crippen MR) is 51.3 cm³/mol. The SMILES string of the molecule is CN(C)c1ccc(-n2nnn[15n]2)cc1. The molecule has 0 aliphatic heterocycles. The van der Waals surface area contributed by atoms with E-state index >= 15 is 0 Å². The van der Waals surface area contributed by atoms with Gasteiger partial charge in [-0.25, -0.2) is 0 Å². The van der Waals surface area contributed by atoms with E-state index in [4.69, 9.17) is 0 Å². The van der Waals surface area contributed by atoms with Crippen molar-refractivity contribution in [2.45, 2.75) is 0 Å². The smallest absolute Gasteiger partial charge is 0.0894 e. The summed E-state index contributed by atoms with van der Waals surface area (Å²) in [6.07, 6.45) is 0. The molecule has 72 valence electrons. The van der Waals surface area contributed by atoms with Crippen LogP contribution < -0.4 is 4.90 Å². The molecule has 6 nitrogen and oxygen atoms in total. The Morgan fingerprint density at radius 2 is 1.57 bits per heavy atom. The fourth-order valence-electron chi connectivity index (χ4n) is 1.12. The fourth-order valence-corrected chi connectivity index (χ4v) is 1.12. The third-order valence-corrected chi connectivity index (χ3v) is 1.89. The summed E-state index contributed by atoms with van der Waals surface area (Å²) in [7, 11) is 3.98. The Morgan fingerprint density at radius 3 is 2.07 bits per heavy atom. The molecular weight excluding hydrogens is 181 g/mol. The zero-order valence-electron chi connectivity index (χ0n) is 7.99. The number of rotatable bonds is 2. The van der Waals surface area contributed by atoms with Gasteiger partial charge in [0.15, 0.2) is 0 Å². The topological polar surface area (TPSA) is 59.7 Å². The molecular formula is C8H10N6. The summed E-state index contributed by atoms with van der Waals surface area (Å²) in [6.45, 7) is 0. The van der Waals surface area contributed by atoms with Crippen LogP contribution in [0.5, 0.6) is 0 Å². The lowest BCUT2D eigenvalue weighted by atomic mass is 10.3. The summed E-state index contributed by atoms with van der Waals surface area (Å²) in [5, 5.41) is 14.2. The second kappa shape index (κ2) is 3.41. The molecule has 0 bridgehead atoms. The van der Waals surface area contributed by atoms with Gasteiger partial charge in [-0.05, 0) is 45.1 Å². The van der Waals surface area contributed by atoms with Crippen molar-refractivity contribution in [3.63, 3.8) is 0 Å². The molecule has 1 heterocycles. The Bertz CT molecular complexity index is 390. The Kier molecular flexibility index (Phi) is 2.10. The number of aromatic nitrogens is 5. The molecule has 0 spiro atoms. The quantitative estimate of drug-likeness (QED) is 0.675. The number of hydrogen-bond donors (Lipinski definition) is 0. The highest BCUT2D eigenvalue weighted by atomic mass is 16.0. The molecule has 0 atom stereocenters. The molecule has 2 aromatic rings. The van der Waals surface area contributed by atoms with Crippen LogP contribution >= 0.6 is 0 Å². The van der Waals surface area contributed by atoms with E-state index in [1.54, 1.807) is 0 Å². The zero-order valence-corrected chi connectivity index (χ0v) is 7.99. The minimum absolute atomic E-state index is 0.848. The van der Waals surface area contributed by atoms with Gasteiger partial charge in [0.05, 0.1) is 5.69 Å². The Labute approximate surface area is 81.1 Å². The van der Waals surface area contributed by atoms with Gasteiger partial charge in [-0.3, -0.25) is 0 Å². The molecule has 0 saturated carbocycles. The molecule has 0 aliphatic rings. The number of nitrogens with zero attached hydrogens (tertiary/aromatic N) is 6. The van der Waals surface area contributed by atoms with Crippen molar-refractivity contribution >= 4 is 5.69 Å². The number of anilines is 1. The summed E-state index contributed by atoms with van der Waals surface area (Å²) in [6, 6.07) is 7.80. The van der Waals surface area contributed by atoms with Gasteiger partial charge in [-0.15, -0.1) is 4.80 Å². The van der Waals surface area contributed by atoms with Crippen molar-refractivity contribution in [2.75, 3.05) is 19.0 Å². The first-order valence-electron chi connectivity index (χ1n) is 4.16. The summed E-state index contributed by atoms with van der Waals surface area (Å²) < 4.78 is 0. The molecule has 0 aliphatic carbocycles. The molecule has 1 aromatic heterocycles. The van der Waals surface area contributed by atoms with E-state index in [2.05, 4.69) is 20.9 Å². The molecule has 0 unspecified atom stereocenters. The van der Waals surface area contributed by atoms with Gasteiger partial charge in [-0.2, -0.15) is 0 Å². The monoisotopic (exact) mass is 191 g/mol. The van der Waals surface area contributed by atoms with Crippen LogP contribution in [-0.2, 0) is 0 Å². The number of benzene rings is 1. The highest BCUT2D eigenvalue weighted by Gasteiger charge is 1.99. The van der Waals surface area contributed by atoms with Gasteiger partial charge in [0.25, 0.3) is 0 Å². The van der Waals surface area contributed by atoms with E-state index in [0.717, 1.165) is 11.4 Å². The van der Waals surface area contributed by atoms with Crippen molar-refractivity contribution in [2.24, 2.45) is 0 Å². The maximum Gasteiger partial charge on any atom is 0.0894 e. The highest BCUT2D eigenvalue weighted by Crippen LogP contribution is 2.13. The first-order chi connectivity index (χ1) is 6.77. The first-order valence-corrected chi connectivity index (χ1v) is 4.16. The zero-order chi connectivity index (χ0) is 9.97. The minimum atomic E-state index is 0.848. The standard InChI is InChI=1S/C8H10N6/c1-13(2)7-3-5-8(6-4-7)14-11-9-10-12-14/h3-6H,1-2H3/i11+1. The van der Waals surface area contributed by atoms with Crippen molar-refractivity contribution in [1.29, 1.82) is 0 Å². The van der Waals surface area contributed by atoms with Crippen molar-refractivity contribution in [3.8, 4) is 5.69 Å². The van der Waals surface area contributed by atoms with Crippen LogP contribution in [0.1, 0.15) is 0 Å². The molecule has 0 saturated heterocycles. The summed E-state index contributed by atoms with van der Waals surface area (Å²) >= 11 is 0. The van der Waals surface area contributed by atoms with Gasteiger partial charge < -0.3 is 4.90 Å². The maximum absolute atomic E-state index is 3.69. The van der Waals surface area contributed by atoms with Gasteiger partial charge in [0.1, 0.15) is 0 Å². The first kappa shape index (κ1) is 8.61. The lowest BCUT2D eigenvalue weighted by Crippen LogP contribution is -2.08. The highest BCUT2D eigenvalue weighted by molar-refractivity contribution is 5.49. The molecule has 6 heteroatoms. The van der Waals surface area contributed by atoms with Crippen LogP contribution in [0.3, 0.4) is 0 Å². The second-order valence-corrected chi connectivity index (χ2v) is 3.06. The average molecular weight is 191 g/mol. The largest absolute Gasteiger partial charge is 0.378 e. The summed E-state index contributed by atoms with van der Waals surface area (Å²) in [5.74, 6) is 0. The molecule has 0 fully saturated rings. The van der Waals surface area contributed by atoms with Crippen molar-refractivity contribution in [3.05, 3.63) is 24.3 Å². The Balaban J connectivity index is 2.31. The molecule has 0 radical (unpaired) electrons. The van der Waals surface area contributed by atoms with E-state index in [-0.39, 0.29) is 0 Å². The Morgan fingerprint density at radius 1 is 1.00 bits per heavy atom. The van der Waals surface area contributed by atoms with Gasteiger partial charge in [-0.1, -0.05) is 0 Å². The molecule has 0 N–H and O–H groups in total. The van der Waals surface area contributed by atoms with Crippen LogP contribution in [0, 0.1) is 0 Å². The lowest BCUT2D eigenvalue weighted by Gasteiger charge is -2.11. The number of hydrogen-bond acceptors (Lipinski definition) is 5. The molecule has 1 aromatic carbocycles. The van der Waals surface area contributed by atoms with Gasteiger partial charge >= 0.3 is 0 Å². The molecule has 2 rings (SSSR count). The molecule has 0 amide bonds. The second-order valence-electron chi connectivity index (χ2n) is 3.06. The molecule has 14 heavy (non-hydrogen) atoms. The summed E-state index contributed by atoms with van der Waals surface area (Å²) in [4.78, 5) is 3.40. The van der Waals surface area contributed by atoms with Crippen LogP contribution in [-0.4, -0.2) is 39.7 Å². The fraction of sp³-hybridized carbons (Fsp3) is 0.250. The van der Waals surface area contributed by atoms with E-state index in [9.17, 15) is 0 Å². The lowest BCUT2D eigenvalue weighted by molar-refractivity contribution is 0.712. The van der Waals surface area contributed by atoms with Crippen molar-refractivity contribution in [1.82, 2.24) is 25.7 Å². The third kappa shape index (κ3) is 1.54. The van der Waals surface area contributed by atoms with Crippen LogP contribution in [0.15, 0.2) is 24.3 Å². The van der Waals surface area contributed by atoms with E-state index < -0.39 is 0 Å². The van der Waals surface area contributed by atoms with E-state index in [1.807, 2.05) is 43.3 Å². The van der Waals surface area contributed by atoms with E-state index in [1.165, 1.54) is 4.80 Å². The van der Waals surface area contributed by atoms with Crippen LogP contribution in [0.4, 0.5) is 5.69 Å². The normalized spacial score (nSPS) is 10.1. The summed E-state index contributed by atoms with van der Waals surface area (Å²) in [5.41, 5.74) is 1.97. The van der Waals surface area contributed by atoms with Gasteiger partial charge in [0.2, 0.25) is 0 Å². The van der Waals surface area contributed by atoms with Crippen LogP contribution in [0.2, 0.25) is 0 Å². The van der Waals surface area contributed by atoms with E-state index in [0.29, 0.717) is 0 Å². The van der Waals surface area contributed by atoms with Crippen molar-refractivity contribution < 1.29 is 0 Å². The maximum atomic E-state index is 3.69. The Hall–Kier alpha value is -1.98. The van der Waals surface area contributed by atoms with Gasteiger partial charge in [0, 0.05) is 19.8 Å². The minimum Gasteiger partial charge on any atom is -0.378 e.